The van der Waals surface area contributed by atoms with Gasteiger partial charge >= 0.3 is 0 Å². The van der Waals surface area contributed by atoms with E-state index in [2.05, 4.69) is 11.0 Å². The van der Waals surface area contributed by atoms with Crippen molar-refractivity contribution >= 4 is 10.9 Å². The summed E-state index contributed by atoms with van der Waals surface area (Å²) in [6.45, 7) is 1.77. The predicted molar refractivity (Wildman–Crippen MR) is 101 cm³/mol. The summed E-state index contributed by atoms with van der Waals surface area (Å²) in [7, 11) is 1.81. The molecule has 5 heteroatoms. The first-order valence-corrected chi connectivity index (χ1v) is 8.86. The van der Waals surface area contributed by atoms with Crippen molar-refractivity contribution in [1.29, 1.82) is 5.26 Å². The molecule has 0 spiro atoms. The van der Waals surface area contributed by atoms with Crippen molar-refractivity contribution < 1.29 is 0 Å². The highest BCUT2D eigenvalue weighted by atomic mass is 16.1. The van der Waals surface area contributed by atoms with Gasteiger partial charge in [-0.1, -0.05) is 24.3 Å². The maximum Gasteiger partial charge on any atom is 0.261 e. The van der Waals surface area contributed by atoms with Crippen molar-refractivity contribution in [2.24, 2.45) is 7.05 Å². The molecule has 0 amide bonds. The Hall–Kier alpha value is -2.97. The van der Waals surface area contributed by atoms with Crippen molar-refractivity contribution in [3.63, 3.8) is 0 Å². The minimum absolute atomic E-state index is 0.0100. The van der Waals surface area contributed by atoms with Crippen LogP contribution >= 0.6 is 0 Å². The summed E-state index contributed by atoms with van der Waals surface area (Å²) >= 11 is 0. The smallest absolute Gasteiger partial charge is 0.261 e. The number of nitrogens with zero attached hydrogens (tertiary/aromatic N) is 4. The molecule has 0 bridgehead atoms. The SMILES string of the molecule is Cn1c(C2CCCN2Cc2ccc(C#N)cc2)nc2ccccc2c1=O. The maximum atomic E-state index is 12.7. The second-order valence-corrected chi connectivity index (χ2v) is 6.79. The Kier molecular flexibility index (Phi) is 4.27. The first-order valence-electron chi connectivity index (χ1n) is 8.86. The third-order valence-corrected chi connectivity index (χ3v) is 5.15. The first kappa shape index (κ1) is 16.5. The minimum atomic E-state index is 0.0100. The van der Waals surface area contributed by atoms with Gasteiger partial charge in [0.1, 0.15) is 5.82 Å². The monoisotopic (exact) mass is 344 g/mol. The van der Waals surface area contributed by atoms with Gasteiger partial charge in [0.15, 0.2) is 0 Å². The largest absolute Gasteiger partial charge is 0.298 e. The molecular formula is C21H20N4O. The van der Waals surface area contributed by atoms with Gasteiger partial charge in [0.25, 0.3) is 5.56 Å². The van der Waals surface area contributed by atoms with Gasteiger partial charge in [-0.2, -0.15) is 5.26 Å². The van der Waals surface area contributed by atoms with Crippen LogP contribution < -0.4 is 5.56 Å². The van der Waals surface area contributed by atoms with Crippen molar-refractivity contribution in [2.45, 2.75) is 25.4 Å². The minimum Gasteiger partial charge on any atom is -0.298 e. The van der Waals surface area contributed by atoms with Gasteiger partial charge in [-0.05, 0) is 49.2 Å². The third kappa shape index (κ3) is 2.89. The van der Waals surface area contributed by atoms with Gasteiger partial charge in [0.2, 0.25) is 0 Å². The van der Waals surface area contributed by atoms with E-state index >= 15 is 0 Å². The van der Waals surface area contributed by atoms with Gasteiger partial charge in [-0.25, -0.2) is 4.98 Å². The fourth-order valence-electron chi connectivity index (χ4n) is 3.76. The molecule has 26 heavy (non-hydrogen) atoms. The molecule has 0 N–H and O–H groups in total. The van der Waals surface area contributed by atoms with Gasteiger partial charge in [0.05, 0.1) is 28.6 Å². The van der Waals surface area contributed by atoms with E-state index in [0.29, 0.717) is 10.9 Å². The number of hydrogen-bond donors (Lipinski definition) is 0. The number of nitriles is 1. The molecule has 0 radical (unpaired) electrons. The third-order valence-electron chi connectivity index (χ3n) is 5.15. The van der Waals surface area contributed by atoms with E-state index in [1.165, 1.54) is 5.56 Å². The highest BCUT2D eigenvalue weighted by Crippen LogP contribution is 2.32. The average Bonchev–Trinajstić information content (AvgIpc) is 3.13. The fourth-order valence-corrected chi connectivity index (χ4v) is 3.76. The molecule has 5 nitrogen and oxygen atoms in total. The van der Waals surface area contributed by atoms with E-state index in [4.69, 9.17) is 10.2 Å². The second-order valence-electron chi connectivity index (χ2n) is 6.79. The fraction of sp³-hybridized carbons (Fsp3) is 0.286. The Bertz CT molecular complexity index is 1050. The van der Waals surface area contributed by atoms with E-state index in [0.717, 1.165) is 37.3 Å². The molecule has 0 saturated carbocycles. The lowest BCUT2D eigenvalue weighted by atomic mass is 10.1. The summed E-state index contributed by atoms with van der Waals surface area (Å²) in [4.78, 5) is 19.9. The van der Waals surface area contributed by atoms with Crippen LogP contribution in [-0.4, -0.2) is 21.0 Å². The van der Waals surface area contributed by atoms with Crippen molar-refractivity contribution in [3.8, 4) is 6.07 Å². The van der Waals surface area contributed by atoms with Gasteiger partial charge < -0.3 is 0 Å². The standard InChI is InChI=1S/C21H20N4O/c1-24-20(23-18-6-3-2-5-17(18)21(24)26)19-7-4-12-25(19)14-16-10-8-15(13-22)9-11-16/h2-3,5-6,8-11,19H,4,7,12,14H2,1H3. The Morgan fingerprint density at radius 1 is 1.19 bits per heavy atom. The van der Waals surface area contributed by atoms with Gasteiger partial charge in [-0.15, -0.1) is 0 Å². The predicted octanol–water partition coefficient (Wildman–Crippen LogP) is 3.14. The Balaban J connectivity index is 1.68. The molecule has 2 aromatic carbocycles. The van der Waals surface area contributed by atoms with Crippen molar-refractivity contribution in [1.82, 2.24) is 14.5 Å². The molecule has 1 atom stereocenters. The number of rotatable bonds is 3. The Labute approximate surface area is 152 Å². The topological polar surface area (TPSA) is 61.9 Å². The zero-order valence-electron chi connectivity index (χ0n) is 14.7. The number of aromatic nitrogens is 2. The van der Waals surface area contributed by atoms with Crippen LogP contribution in [0.25, 0.3) is 10.9 Å². The summed E-state index contributed by atoms with van der Waals surface area (Å²) in [6, 6.07) is 17.5. The molecule has 1 saturated heterocycles. The molecule has 1 unspecified atom stereocenters. The molecule has 130 valence electrons. The van der Waals surface area contributed by atoms with Crippen LogP contribution in [-0.2, 0) is 13.6 Å². The summed E-state index contributed by atoms with van der Waals surface area (Å²) in [5, 5.41) is 9.61. The maximum absolute atomic E-state index is 12.7. The lowest BCUT2D eigenvalue weighted by molar-refractivity contribution is 0.235. The molecule has 1 fully saturated rings. The molecule has 3 aromatic rings. The zero-order chi connectivity index (χ0) is 18.1. The van der Waals surface area contributed by atoms with Crippen LogP contribution in [0.1, 0.15) is 35.8 Å². The first-order chi connectivity index (χ1) is 12.7. The summed E-state index contributed by atoms with van der Waals surface area (Å²) in [5.41, 5.74) is 2.61. The number of benzene rings is 2. The average molecular weight is 344 g/mol. The van der Waals surface area contributed by atoms with Crippen LogP contribution in [0.2, 0.25) is 0 Å². The molecule has 2 heterocycles. The van der Waals surface area contributed by atoms with E-state index in [1.807, 2.05) is 55.6 Å². The lowest BCUT2D eigenvalue weighted by Gasteiger charge is -2.25. The molecule has 4 rings (SSSR count). The van der Waals surface area contributed by atoms with Gasteiger partial charge in [-0.3, -0.25) is 14.3 Å². The normalized spacial score (nSPS) is 17.5. The molecular weight excluding hydrogens is 324 g/mol. The Morgan fingerprint density at radius 3 is 2.73 bits per heavy atom. The molecule has 1 aromatic heterocycles. The molecule has 0 aliphatic carbocycles. The van der Waals surface area contributed by atoms with Crippen molar-refractivity contribution in [2.75, 3.05) is 6.54 Å². The highest BCUT2D eigenvalue weighted by molar-refractivity contribution is 5.77. The lowest BCUT2D eigenvalue weighted by Crippen LogP contribution is -2.30. The van der Waals surface area contributed by atoms with Crippen LogP contribution in [0.15, 0.2) is 53.3 Å². The van der Waals surface area contributed by atoms with Crippen LogP contribution in [0.5, 0.6) is 0 Å². The van der Waals surface area contributed by atoms with Crippen molar-refractivity contribution in [3.05, 3.63) is 75.8 Å². The highest BCUT2D eigenvalue weighted by Gasteiger charge is 2.29. The zero-order valence-corrected chi connectivity index (χ0v) is 14.7. The van der Waals surface area contributed by atoms with E-state index < -0.39 is 0 Å². The number of likely N-dealkylation sites (tertiary alicyclic amines) is 1. The Morgan fingerprint density at radius 2 is 1.96 bits per heavy atom. The van der Waals surface area contributed by atoms with Crippen LogP contribution in [0.3, 0.4) is 0 Å². The molecule has 1 aliphatic rings. The number of para-hydroxylation sites is 1. The summed E-state index contributed by atoms with van der Waals surface area (Å²) in [5.74, 6) is 0.833. The van der Waals surface area contributed by atoms with Crippen LogP contribution in [0.4, 0.5) is 0 Å². The summed E-state index contributed by atoms with van der Waals surface area (Å²) in [6.07, 6.45) is 2.08. The van der Waals surface area contributed by atoms with E-state index in [-0.39, 0.29) is 11.6 Å². The van der Waals surface area contributed by atoms with E-state index in [9.17, 15) is 4.79 Å². The quantitative estimate of drug-likeness (QED) is 0.732. The second kappa shape index (κ2) is 6.74. The number of hydrogen-bond acceptors (Lipinski definition) is 4. The number of fused-ring (bicyclic) bond motifs is 1. The summed E-state index contributed by atoms with van der Waals surface area (Å²) < 4.78 is 1.70. The molecule has 1 aliphatic heterocycles. The van der Waals surface area contributed by atoms with E-state index in [1.54, 1.807) is 4.57 Å². The van der Waals surface area contributed by atoms with Crippen LogP contribution in [0, 0.1) is 11.3 Å². The van der Waals surface area contributed by atoms with Gasteiger partial charge in [0, 0.05) is 13.6 Å².